The zero-order valence-corrected chi connectivity index (χ0v) is 10.9. The summed E-state index contributed by atoms with van der Waals surface area (Å²) in [5, 5.41) is 0.911. The third-order valence-electron chi connectivity index (χ3n) is 2.25. The van der Waals surface area contributed by atoms with E-state index in [0.29, 0.717) is 11.3 Å². The second-order valence-electron chi connectivity index (χ2n) is 3.60. The number of hydrogen-bond acceptors (Lipinski definition) is 2. The predicted octanol–water partition coefficient (Wildman–Crippen LogP) is 2.75. The molecule has 0 radical (unpaired) electrons. The second kappa shape index (κ2) is 5.35. The molecule has 0 fully saturated rings. The molecular formula is C11H16BrNO2. The maximum absolute atomic E-state index is 11.9. The first kappa shape index (κ1) is 12.3. The highest BCUT2D eigenvalue weighted by atomic mass is 79.9. The van der Waals surface area contributed by atoms with E-state index in [1.807, 2.05) is 20.9 Å². The Labute approximate surface area is 98.6 Å². The average Bonchev–Trinajstić information content (AvgIpc) is 2.53. The summed E-state index contributed by atoms with van der Waals surface area (Å²) in [6.45, 7) is 4.43. The SMILES string of the molecule is Cc1cc(C(=O)N(C)CCCBr)c(C)o1. The van der Waals surface area contributed by atoms with E-state index < -0.39 is 0 Å². The molecule has 0 aliphatic rings. The molecule has 4 heteroatoms. The molecule has 0 spiro atoms. The highest BCUT2D eigenvalue weighted by Crippen LogP contribution is 2.15. The quantitative estimate of drug-likeness (QED) is 0.791. The molecule has 0 aliphatic heterocycles. The van der Waals surface area contributed by atoms with Gasteiger partial charge in [-0.3, -0.25) is 4.79 Å². The lowest BCUT2D eigenvalue weighted by molar-refractivity contribution is 0.0794. The number of hydrogen-bond donors (Lipinski definition) is 0. The van der Waals surface area contributed by atoms with Crippen LogP contribution in [0.4, 0.5) is 0 Å². The zero-order chi connectivity index (χ0) is 11.4. The van der Waals surface area contributed by atoms with Crippen molar-refractivity contribution < 1.29 is 9.21 Å². The van der Waals surface area contributed by atoms with Crippen molar-refractivity contribution in [2.24, 2.45) is 0 Å². The monoisotopic (exact) mass is 273 g/mol. The molecule has 1 aromatic rings. The molecule has 1 heterocycles. The highest BCUT2D eigenvalue weighted by molar-refractivity contribution is 9.09. The fraction of sp³-hybridized carbons (Fsp3) is 0.545. The summed E-state index contributed by atoms with van der Waals surface area (Å²) in [6.07, 6.45) is 0.956. The van der Waals surface area contributed by atoms with Crippen LogP contribution in [0.3, 0.4) is 0 Å². The van der Waals surface area contributed by atoms with Gasteiger partial charge in [-0.05, 0) is 26.3 Å². The topological polar surface area (TPSA) is 33.5 Å². The van der Waals surface area contributed by atoms with Crippen molar-refractivity contribution in [2.45, 2.75) is 20.3 Å². The Kier molecular flexibility index (Phi) is 4.39. The van der Waals surface area contributed by atoms with Gasteiger partial charge in [-0.2, -0.15) is 0 Å². The molecule has 0 saturated carbocycles. The smallest absolute Gasteiger partial charge is 0.257 e. The Balaban J connectivity index is 2.71. The van der Waals surface area contributed by atoms with Crippen molar-refractivity contribution >= 4 is 21.8 Å². The van der Waals surface area contributed by atoms with E-state index in [1.54, 1.807) is 11.0 Å². The van der Waals surface area contributed by atoms with E-state index in [2.05, 4.69) is 15.9 Å². The highest BCUT2D eigenvalue weighted by Gasteiger charge is 2.16. The zero-order valence-electron chi connectivity index (χ0n) is 9.34. The van der Waals surface area contributed by atoms with Crippen LogP contribution in [0.5, 0.6) is 0 Å². The van der Waals surface area contributed by atoms with Gasteiger partial charge in [0.15, 0.2) is 0 Å². The van der Waals surface area contributed by atoms with Crippen LogP contribution in [-0.4, -0.2) is 29.7 Å². The lowest BCUT2D eigenvalue weighted by Crippen LogP contribution is -2.28. The molecule has 3 nitrogen and oxygen atoms in total. The van der Waals surface area contributed by atoms with Gasteiger partial charge in [-0.25, -0.2) is 0 Å². The van der Waals surface area contributed by atoms with E-state index in [9.17, 15) is 4.79 Å². The molecule has 0 unspecified atom stereocenters. The van der Waals surface area contributed by atoms with Crippen LogP contribution in [0.2, 0.25) is 0 Å². The van der Waals surface area contributed by atoms with Crippen LogP contribution in [0.15, 0.2) is 10.5 Å². The Bertz CT molecular complexity index is 346. The molecule has 0 saturated heterocycles. The summed E-state index contributed by atoms with van der Waals surface area (Å²) in [7, 11) is 1.81. The van der Waals surface area contributed by atoms with Gasteiger partial charge in [0.25, 0.3) is 5.91 Å². The minimum atomic E-state index is 0.0327. The molecule has 0 aromatic carbocycles. The van der Waals surface area contributed by atoms with Gasteiger partial charge in [0, 0.05) is 18.9 Å². The summed E-state index contributed by atoms with van der Waals surface area (Å²) >= 11 is 3.35. The fourth-order valence-electron chi connectivity index (χ4n) is 1.45. The van der Waals surface area contributed by atoms with Crippen molar-refractivity contribution in [3.63, 3.8) is 0 Å². The summed E-state index contributed by atoms with van der Waals surface area (Å²) < 4.78 is 5.33. The van der Waals surface area contributed by atoms with Gasteiger partial charge >= 0.3 is 0 Å². The van der Waals surface area contributed by atoms with E-state index in [1.165, 1.54) is 0 Å². The van der Waals surface area contributed by atoms with Gasteiger partial charge < -0.3 is 9.32 Å². The number of halogens is 1. The third-order valence-corrected chi connectivity index (χ3v) is 2.81. The molecule has 0 atom stereocenters. The van der Waals surface area contributed by atoms with Crippen molar-refractivity contribution in [2.75, 3.05) is 18.9 Å². The number of carbonyl (C=O) groups excluding carboxylic acids is 1. The van der Waals surface area contributed by atoms with E-state index in [0.717, 1.165) is 24.1 Å². The largest absolute Gasteiger partial charge is 0.466 e. The van der Waals surface area contributed by atoms with E-state index >= 15 is 0 Å². The van der Waals surface area contributed by atoms with Gasteiger partial charge in [-0.1, -0.05) is 15.9 Å². The number of amides is 1. The molecule has 0 bridgehead atoms. The molecular weight excluding hydrogens is 258 g/mol. The number of carbonyl (C=O) groups is 1. The lowest BCUT2D eigenvalue weighted by atomic mass is 10.2. The van der Waals surface area contributed by atoms with Gasteiger partial charge in [-0.15, -0.1) is 0 Å². The number of rotatable bonds is 4. The number of alkyl halides is 1. The van der Waals surface area contributed by atoms with E-state index in [4.69, 9.17) is 4.42 Å². The summed E-state index contributed by atoms with van der Waals surface area (Å²) in [5.41, 5.74) is 0.671. The lowest BCUT2D eigenvalue weighted by Gasteiger charge is -2.15. The normalized spacial score (nSPS) is 10.4. The van der Waals surface area contributed by atoms with Crippen molar-refractivity contribution in [1.82, 2.24) is 4.90 Å². The average molecular weight is 274 g/mol. The van der Waals surface area contributed by atoms with Crippen LogP contribution in [0, 0.1) is 13.8 Å². The van der Waals surface area contributed by atoms with Gasteiger partial charge in [0.2, 0.25) is 0 Å². The molecule has 1 rings (SSSR count). The minimum absolute atomic E-state index is 0.0327. The van der Waals surface area contributed by atoms with Crippen LogP contribution in [0.25, 0.3) is 0 Å². The number of aryl methyl sites for hydroxylation is 2. The standard InChI is InChI=1S/C11H16BrNO2/c1-8-7-10(9(2)15-8)11(14)13(3)6-4-5-12/h7H,4-6H2,1-3H3. The summed E-state index contributed by atoms with van der Waals surface area (Å²) in [5.74, 6) is 1.51. The summed E-state index contributed by atoms with van der Waals surface area (Å²) in [6, 6.07) is 1.79. The van der Waals surface area contributed by atoms with Crippen molar-refractivity contribution in [1.29, 1.82) is 0 Å². The maximum Gasteiger partial charge on any atom is 0.257 e. The summed E-state index contributed by atoms with van der Waals surface area (Å²) in [4.78, 5) is 13.7. The van der Waals surface area contributed by atoms with Crippen LogP contribution in [0.1, 0.15) is 28.3 Å². The number of furan rings is 1. The molecule has 1 aromatic heterocycles. The van der Waals surface area contributed by atoms with Crippen LogP contribution < -0.4 is 0 Å². The first-order valence-corrected chi connectivity index (χ1v) is 6.07. The predicted molar refractivity (Wildman–Crippen MR) is 63.6 cm³/mol. The first-order valence-electron chi connectivity index (χ1n) is 4.94. The molecule has 1 amide bonds. The van der Waals surface area contributed by atoms with Crippen LogP contribution >= 0.6 is 15.9 Å². The fourth-order valence-corrected chi connectivity index (χ4v) is 1.70. The Morgan fingerprint density at radius 1 is 1.53 bits per heavy atom. The number of nitrogens with zero attached hydrogens (tertiary/aromatic N) is 1. The third kappa shape index (κ3) is 3.09. The molecule has 0 N–H and O–H groups in total. The van der Waals surface area contributed by atoms with Crippen molar-refractivity contribution in [3.05, 3.63) is 23.2 Å². The Morgan fingerprint density at radius 2 is 2.20 bits per heavy atom. The van der Waals surface area contributed by atoms with Crippen molar-refractivity contribution in [3.8, 4) is 0 Å². The molecule has 84 valence electrons. The minimum Gasteiger partial charge on any atom is -0.466 e. The Morgan fingerprint density at radius 3 is 2.67 bits per heavy atom. The Hall–Kier alpha value is -0.770. The van der Waals surface area contributed by atoms with Crippen LogP contribution in [-0.2, 0) is 0 Å². The van der Waals surface area contributed by atoms with Gasteiger partial charge in [0.1, 0.15) is 11.5 Å². The molecule has 15 heavy (non-hydrogen) atoms. The maximum atomic E-state index is 11.9. The second-order valence-corrected chi connectivity index (χ2v) is 4.39. The van der Waals surface area contributed by atoms with E-state index in [-0.39, 0.29) is 5.91 Å². The van der Waals surface area contributed by atoms with Gasteiger partial charge in [0.05, 0.1) is 5.56 Å². The molecule has 0 aliphatic carbocycles. The first-order chi connectivity index (χ1) is 7.06.